The summed E-state index contributed by atoms with van der Waals surface area (Å²) in [6.07, 6.45) is 0. The minimum Gasteiger partial charge on any atom is -0.399 e. The summed E-state index contributed by atoms with van der Waals surface area (Å²) < 4.78 is 0. The summed E-state index contributed by atoms with van der Waals surface area (Å²) in [5.74, 6) is -0.347. The maximum absolute atomic E-state index is 11.9. The molecule has 0 spiro atoms. The van der Waals surface area contributed by atoms with Gasteiger partial charge in [0, 0.05) is 18.8 Å². The standard InChI is InChI=1S/C12H17Cl2N3O3/c13-9-5-8(15)6-10(14)12(9)16-11(20)7-17(1-3-18)2-4-19/h5-6,18-19H,1-4,7,15H2,(H,16,20). The van der Waals surface area contributed by atoms with E-state index in [1.165, 1.54) is 12.1 Å². The Bertz CT molecular complexity index is 442. The molecule has 6 nitrogen and oxygen atoms in total. The van der Waals surface area contributed by atoms with Gasteiger partial charge in [-0.3, -0.25) is 9.69 Å². The second-order valence-corrected chi connectivity index (χ2v) is 4.95. The Kier molecular flexibility index (Phi) is 7.04. The number of hydrogen-bond acceptors (Lipinski definition) is 5. The summed E-state index contributed by atoms with van der Waals surface area (Å²) in [6.45, 7) is 0.389. The molecule has 8 heteroatoms. The summed E-state index contributed by atoms with van der Waals surface area (Å²) in [4.78, 5) is 13.5. The van der Waals surface area contributed by atoms with E-state index < -0.39 is 0 Å². The number of nitrogens with zero attached hydrogens (tertiary/aromatic N) is 1. The highest BCUT2D eigenvalue weighted by Gasteiger charge is 2.14. The van der Waals surface area contributed by atoms with Gasteiger partial charge in [0.15, 0.2) is 0 Å². The number of nitrogen functional groups attached to an aromatic ring is 1. The molecular formula is C12H17Cl2N3O3. The molecule has 0 fully saturated rings. The zero-order valence-corrected chi connectivity index (χ0v) is 12.3. The van der Waals surface area contributed by atoms with E-state index in [1.807, 2.05) is 0 Å². The normalized spacial score (nSPS) is 10.8. The molecule has 1 aromatic carbocycles. The molecule has 0 atom stereocenters. The number of aliphatic hydroxyl groups is 2. The molecule has 112 valence electrons. The minimum absolute atomic E-state index is 0.0121. The molecule has 1 rings (SSSR count). The highest BCUT2D eigenvalue weighted by molar-refractivity contribution is 6.40. The van der Waals surface area contributed by atoms with Gasteiger partial charge in [0.25, 0.3) is 0 Å². The van der Waals surface area contributed by atoms with Crippen molar-refractivity contribution in [3.63, 3.8) is 0 Å². The van der Waals surface area contributed by atoms with Gasteiger partial charge in [0.2, 0.25) is 5.91 Å². The fourth-order valence-electron chi connectivity index (χ4n) is 1.65. The molecule has 0 aliphatic rings. The zero-order chi connectivity index (χ0) is 15.1. The number of nitrogens with two attached hydrogens (primary N) is 1. The lowest BCUT2D eigenvalue weighted by molar-refractivity contribution is -0.117. The lowest BCUT2D eigenvalue weighted by Gasteiger charge is -2.20. The van der Waals surface area contributed by atoms with Gasteiger partial charge < -0.3 is 21.3 Å². The van der Waals surface area contributed by atoms with Gasteiger partial charge in [-0.1, -0.05) is 23.2 Å². The van der Waals surface area contributed by atoms with Gasteiger partial charge in [0.1, 0.15) is 0 Å². The first-order valence-corrected chi connectivity index (χ1v) is 6.72. The fourth-order valence-corrected chi connectivity index (χ4v) is 2.25. The van der Waals surface area contributed by atoms with Crippen LogP contribution in [0.1, 0.15) is 0 Å². The number of benzene rings is 1. The molecule has 0 saturated heterocycles. The van der Waals surface area contributed by atoms with Gasteiger partial charge in [-0.25, -0.2) is 0 Å². The van der Waals surface area contributed by atoms with Crippen LogP contribution in [0.4, 0.5) is 11.4 Å². The maximum atomic E-state index is 11.9. The monoisotopic (exact) mass is 321 g/mol. The zero-order valence-electron chi connectivity index (χ0n) is 10.8. The van der Waals surface area contributed by atoms with Gasteiger partial charge in [-0.15, -0.1) is 0 Å². The molecule has 0 bridgehead atoms. The molecule has 0 radical (unpaired) electrons. The Morgan fingerprint density at radius 3 is 2.15 bits per heavy atom. The number of hydrogen-bond donors (Lipinski definition) is 4. The summed E-state index contributed by atoms with van der Waals surface area (Å²) in [6, 6.07) is 2.98. The Hall–Kier alpha value is -1.05. The van der Waals surface area contributed by atoms with Crippen molar-refractivity contribution in [2.75, 3.05) is 43.9 Å². The summed E-state index contributed by atoms with van der Waals surface area (Å²) in [7, 11) is 0. The van der Waals surface area contributed by atoms with E-state index in [1.54, 1.807) is 4.90 Å². The van der Waals surface area contributed by atoms with Crippen LogP contribution in [0.5, 0.6) is 0 Å². The van der Waals surface area contributed by atoms with Crippen LogP contribution in [0.3, 0.4) is 0 Å². The van der Waals surface area contributed by atoms with Crippen LogP contribution in [-0.4, -0.2) is 53.9 Å². The third kappa shape index (κ3) is 5.15. The highest BCUT2D eigenvalue weighted by atomic mass is 35.5. The minimum atomic E-state index is -0.347. The predicted octanol–water partition coefficient (Wildman–Crippen LogP) is 0.801. The van der Waals surface area contributed by atoms with Crippen molar-refractivity contribution in [2.45, 2.75) is 0 Å². The van der Waals surface area contributed by atoms with Crippen LogP contribution in [0.25, 0.3) is 0 Å². The number of anilines is 2. The SMILES string of the molecule is Nc1cc(Cl)c(NC(=O)CN(CCO)CCO)c(Cl)c1. The van der Waals surface area contributed by atoms with Gasteiger partial charge >= 0.3 is 0 Å². The summed E-state index contributed by atoms with van der Waals surface area (Å²) in [5, 5.41) is 20.8. The molecule has 0 saturated carbocycles. The topological polar surface area (TPSA) is 98.8 Å². The third-order valence-electron chi connectivity index (χ3n) is 2.53. The van der Waals surface area contributed by atoms with Crippen LogP contribution in [0.2, 0.25) is 10.0 Å². The molecular weight excluding hydrogens is 305 g/mol. The quantitative estimate of drug-likeness (QED) is 0.557. The van der Waals surface area contributed by atoms with Crippen LogP contribution < -0.4 is 11.1 Å². The lowest BCUT2D eigenvalue weighted by atomic mass is 10.2. The van der Waals surface area contributed by atoms with E-state index in [-0.39, 0.29) is 48.8 Å². The number of aliphatic hydroxyl groups excluding tert-OH is 2. The first kappa shape index (κ1) is 17.0. The average molecular weight is 322 g/mol. The number of nitrogens with one attached hydrogen (secondary N) is 1. The number of carbonyl (C=O) groups excluding carboxylic acids is 1. The van der Waals surface area contributed by atoms with Crippen molar-refractivity contribution in [2.24, 2.45) is 0 Å². The first-order chi connectivity index (χ1) is 9.47. The van der Waals surface area contributed by atoms with Crippen molar-refractivity contribution < 1.29 is 15.0 Å². The molecule has 5 N–H and O–H groups in total. The second-order valence-electron chi connectivity index (χ2n) is 4.13. The maximum Gasteiger partial charge on any atom is 0.238 e. The number of halogens is 2. The molecule has 1 amide bonds. The molecule has 20 heavy (non-hydrogen) atoms. The Morgan fingerprint density at radius 1 is 1.20 bits per heavy atom. The molecule has 0 aliphatic carbocycles. The lowest BCUT2D eigenvalue weighted by Crippen LogP contribution is -2.37. The van der Waals surface area contributed by atoms with Gasteiger partial charge in [0.05, 0.1) is 35.5 Å². The first-order valence-electron chi connectivity index (χ1n) is 5.96. The third-order valence-corrected chi connectivity index (χ3v) is 3.12. The number of rotatable bonds is 7. The number of carbonyl (C=O) groups is 1. The molecule has 0 unspecified atom stereocenters. The van der Waals surface area contributed by atoms with Crippen molar-refractivity contribution in [3.8, 4) is 0 Å². The van der Waals surface area contributed by atoms with Crippen molar-refractivity contribution in [1.82, 2.24) is 4.90 Å². The molecule has 0 aliphatic heterocycles. The van der Waals surface area contributed by atoms with Crippen LogP contribution in [0, 0.1) is 0 Å². The van der Waals surface area contributed by atoms with E-state index in [0.29, 0.717) is 11.4 Å². The Balaban J connectivity index is 2.70. The smallest absolute Gasteiger partial charge is 0.238 e. The van der Waals surface area contributed by atoms with Crippen LogP contribution >= 0.6 is 23.2 Å². The summed E-state index contributed by atoms with van der Waals surface area (Å²) in [5.41, 5.74) is 6.27. The molecule has 1 aromatic rings. The summed E-state index contributed by atoms with van der Waals surface area (Å²) >= 11 is 11.9. The Labute approximate surface area is 127 Å². The second kappa shape index (κ2) is 8.28. The number of amides is 1. The van der Waals surface area contributed by atoms with Gasteiger partial charge in [-0.2, -0.15) is 0 Å². The van der Waals surface area contributed by atoms with E-state index in [9.17, 15) is 4.79 Å². The van der Waals surface area contributed by atoms with E-state index in [4.69, 9.17) is 39.1 Å². The van der Waals surface area contributed by atoms with Crippen molar-refractivity contribution >= 4 is 40.5 Å². The average Bonchev–Trinajstić information content (AvgIpc) is 2.34. The largest absolute Gasteiger partial charge is 0.399 e. The van der Waals surface area contributed by atoms with E-state index in [0.717, 1.165) is 0 Å². The van der Waals surface area contributed by atoms with Crippen LogP contribution in [-0.2, 0) is 4.79 Å². The van der Waals surface area contributed by atoms with E-state index in [2.05, 4.69) is 5.32 Å². The van der Waals surface area contributed by atoms with Gasteiger partial charge in [-0.05, 0) is 12.1 Å². The molecule has 0 aromatic heterocycles. The van der Waals surface area contributed by atoms with Crippen LogP contribution in [0.15, 0.2) is 12.1 Å². The molecule has 0 heterocycles. The Morgan fingerprint density at radius 2 is 1.70 bits per heavy atom. The predicted molar refractivity (Wildman–Crippen MR) is 80.1 cm³/mol. The van der Waals surface area contributed by atoms with E-state index >= 15 is 0 Å². The fraction of sp³-hybridized carbons (Fsp3) is 0.417. The van der Waals surface area contributed by atoms with Crippen molar-refractivity contribution in [1.29, 1.82) is 0 Å². The van der Waals surface area contributed by atoms with Crippen molar-refractivity contribution in [3.05, 3.63) is 22.2 Å². The highest BCUT2D eigenvalue weighted by Crippen LogP contribution is 2.32.